The highest BCUT2D eigenvalue weighted by Crippen LogP contribution is 2.37. The van der Waals surface area contributed by atoms with Crippen LogP contribution in [0, 0.1) is 5.41 Å². The third-order valence-corrected chi connectivity index (χ3v) is 4.07. The van der Waals surface area contributed by atoms with Crippen LogP contribution in [0.15, 0.2) is 18.2 Å². The van der Waals surface area contributed by atoms with Crippen molar-refractivity contribution in [2.24, 2.45) is 5.41 Å². The molecule has 3 N–H and O–H groups in total. The van der Waals surface area contributed by atoms with Crippen molar-refractivity contribution < 1.29 is 19.7 Å². The maximum absolute atomic E-state index is 12.1. The predicted octanol–water partition coefficient (Wildman–Crippen LogP) is 1.68. The lowest BCUT2D eigenvalue weighted by atomic mass is 9.87. The van der Waals surface area contributed by atoms with Gasteiger partial charge in [-0.3, -0.25) is 4.79 Å². The Morgan fingerprint density at radius 3 is 2.70 bits per heavy atom. The van der Waals surface area contributed by atoms with E-state index in [2.05, 4.69) is 5.32 Å². The molecule has 1 aliphatic rings. The molecule has 1 amide bonds. The van der Waals surface area contributed by atoms with Gasteiger partial charge in [-0.05, 0) is 31.0 Å². The first kappa shape index (κ1) is 14.7. The van der Waals surface area contributed by atoms with Crippen molar-refractivity contribution in [3.05, 3.63) is 23.8 Å². The van der Waals surface area contributed by atoms with Gasteiger partial charge in [-0.25, -0.2) is 0 Å². The third kappa shape index (κ3) is 3.04. The van der Waals surface area contributed by atoms with Crippen LogP contribution in [0.4, 0.5) is 0 Å². The number of rotatable bonds is 5. The molecule has 2 rings (SSSR count). The van der Waals surface area contributed by atoms with Crippen LogP contribution >= 0.6 is 0 Å². The van der Waals surface area contributed by atoms with Gasteiger partial charge in [0.2, 0.25) is 0 Å². The summed E-state index contributed by atoms with van der Waals surface area (Å²) in [5.74, 6) is 0.0968. The van der Waals surface area contributed by atoms with Gasteiger partial charge in [-0.1, -0.05) is 12.8 Å². The molecule has 1 aromatic rings. The molecule has 0 radical (unpaired) electrons. The Morgan fingerprint density at radius 1 is 1.40 bits per heavy atom. The molecular weight excluding hydrogens is 258 g/mol. The molecule has 1 aromatic carbocycles. The van der Waals surface area contributed by atoms with Crippen molar-refractivity contribution in [2.75, 3.05) is 20.3 Å². The summed E-state index contributed by atoms with van der Waals surface area (Å²) in [5.41, 5.74) is -0.0140. The minimum Gasteiger partial charge on any atom is -0.507 e. The number of phenols is 1. The minimum absolute atomic E-state index is 0.0761. The second-order valence-corrected chi connectivity index (χ2v) is 5.43. The molecule has 0 unspecified atom stereocenters. The van der Waals surface area contributed by atoms with Gasteiger partial charge in [-0.2, -0.15) is 0 Å². The first-order valence-corrected chi connectivity index (χ1v) is 6.86. The lowest BCUT2D eigenvalue weighted by Gasteiger charge is -2.26. The predicted molar refractivity (Wildman–Crippen MR) is 75.0 cm³/mol. The van der Waals surface area contributed by atoms with Crippen LogP contribution in [-0.2, 0) is 0 Å². The lowest BCUT2D eigenvalue weighted by molar-refractivity contribution is 0.0878. The fourth-order valence-corrected chi connectivity index (χ4v) is 2.70. The quantitative estimate of drug-likeness (QED) is 0.766. The van der Waals surface area contributed by atoms with Gasteiger partial charge >= 0.3 is 0 Å². The first-order valence-electron chi connectivity index (χ1n) is 6.86. The number of carbonyl (C=O) groups excluding carboxylic acids is 1. The van der Waals surface area contributed by atoms with Gasteiger partial charge < -0.3 is 20.3 Å². The summed E-state index contributed by atoms with van der Waals surface area (Å²) in [6.07, 6.45) is 4.02. The fourth-order valence-electron chi connectivity index (χ4n) is 2.70. The topological polar surface area (TPSA) is 78.8 Å². The SMILES string of the molecule is COc1ccc(O)c(C(=O)NCC2(CO)CCCC2)c1. The standard InChI is InChI=1S/C15H21NO4/c1-20-11-4-5-13(18)12(8-11)14(19)16-9-15(10-17)6-2-3-7-15/h4-5,8,17-18H,2-3,6-7,9-10H2,1H3,(H,16,19). The smallest absolute Gasteiger partial charge is 0.255 e. The number of ether oxygens (including phenoxy) is 1. The summed E-state index contributed by atoms with van der Waals surface area (Å²) < 4.78 is 5.05. The largest absolute Gasteiger partial charge is 0.507 e. The zero-order valence-corrected chi connectivity index (χ0v) is 11.7. The van der Waals surface area contributed by atoms with Gasteiger partial charge in [0.15, 0.2) is 0 Å². The Labute approximate surface area is 118 Å². The Hall–Kier alpha value is -1.75. The number of methoxy groups -OCH3 is 1. The Balaban J connectivity index is 2.04. The molecule has 0 saturated heterocycles. The van der Waals surface area contributed by atoms with Gasteiger partial charge in [0.25, 0.3) is 5.91 Å². The summed E-state index contributed by atoms with van der Waals surface area (Å²) in [6.45, 7) is 0.510. The maximum Gasteiger partial charge on any atom is 0.255 e. The highest BCUT2D eigenvalue weighted by atomic mass is 16.5. The van der Waals surface area contributed by atoms with E-state index in [1.54, 1.807) is 6.07 Å². The van der Waals surface area contributed by atoms with E-state index in [1.165, 1.54) is 19.2 Å². The van der Waals surface area contributed by atoms with E-state index in [9.17, 15) is 15.0 Å². The fraction of sp³-hybridized carbons (Fsp3) is 0.533. The molecule has 0 bridgehead atoms. The summed E-state index contributed by atoms with van der Waals surface area (Å²) in [7, 11) is 1.51. The maximum atomic E-state index is 12.1. The number of benzene rings is 1. The van der Waals surface area contributed by atoms with E-state index < -0.39 is 0 Å². The van der Waals surface area contributed by atoms with Crippen LogP contribution in [0.1, 0.15) is 36.0 Å². The highest BCUT2D eigenvalue weighted by molar-refractivity contribution is 5.97. The van der Waals surface area contributed by atoms with E-state index in [1.807, 2.05) is 0 Å². The number of amides is 1. The number of aliphatic hydroxyl groups is 1. The van der Waals surface area contributed by atoms with Crippen LogP contribution in [0.2, 0.25) is 0 Å². The van der Waals surface area contributed by atoms with E-state index in [0.717, 1.165) is 25.7 Å². The molecule has 1 saturated carbocycles. The summed E-state index contributed by atoms with van der Waals surface area (Å²) in [5, 5.41) is 22.1. The number of nitrogens with one attached hydrogen (secondary N) is 1. The Kier molecular flexibility index (Phi) is 4.49. The monoisotopic (exact) mass is 279 g/mol. The van der Waals surface area contributed by atoms with E-state index >= 15 is 0 Å². The van der Waals surface area contributed by atoms with Crippen LogP contribution in [0.3, 0.4) is 0 Å². The van der Waals surface area contributed by atoms with Crippen LogP contribution < -0.4 is 10.1 Å². The second-order valence-electron chi connectivity index (χ2n) is 5.43. The van der Waals surface area contributed by atoms with Gasteiger partial charge in [0.1, 0.15) is 11.5 Å². The van der Waals surface area contributed by atoms with Gasteiger partial charge in [0.05, 0.1) is 19.3 Å². The summed E-state index contributed by atoms with van der Waals surface area (Å²) in [6, 6.07) is 4.54. The number of aliphatic hydroxyl groups excluding tert-OH is 1. The van der Waals surface area contributed by atoms with Crippen molar-refractivity contribution in [3.8, 4) is 11.5 Å². The molecule has 5 nitrogen and oxygen atoms in total. The molecule has 0 spiro atoms. The average molecular weight is 279 g/mol. The van der Waals surface area contributed by atoms with Crippen LogP contribution in [-0.4, -0.2) is 36.4 Å². The number of phenolic OH excluding ortho intramolecular Hbond substituents is 1. The molecule has 0 atom stereocenters. The molecular formula is C15H21NO4. The molecule has 20 heavy (non-hydrogen) atoms. The van der Waals surface area contributed by atoms with Crippen LogP contribution in [0.25, 0.3) is 0 Å². The van der Waals surface area contributed by atoms with Crippen molar-refractivity contribution in [2.45, 2.75) is 25.7 Å². The van der Waals surface area contributed by atoms with Crippen molar-refractivity contribution >= 4 is 5.91 Å². The Morgan fingerprint density at radius 2 is 2.10 bits per heavy atom. The Bertz CT molecular complexity index is 481. The number of hydrogen-bond donors (Lipinski definition) is 3. The molecule has 0 aliphatic heterocycles. The van der Waals surface area contributed by atoms with Crippen molar-refractivity contribution in [1.29, 1.82) is 0 Å². The zero-order valence-electron chi connectivity index (χ0n) is 11.7. The lowest BCUT2D eigenvalue weighted by Crippen LogP contribution is -2.38. The highest BCUT2D eigenvalue weighted by Gasteiger charge is 2.33. The van der Waals surface area contributed by atoms with Crippen molar-refractivity contribution in [1.82, 2.24) is 5.32 Å². The van der Waals surface area contributed by atoms with Gasteiger partial charge in [0, 0.05) is 12.0 Å². The zero-order chi connectivity index (χ0) is 14.6. The molecule has 0 aromatic heterocycles. The van der Waals surface area contributed by atoms with E-state index in [-0.39, 0.29) is 29.2 Å². The molecule has 110 valence electrons. The summed E-state index contributed by atoms with van der Waals surface area (Å²) >= 11 is 0. The third-order valence-electron chi connectivity index (χ3n) is 4.07. The number of carbonyl (C=O) groups is 1. The van der Waals surface area contributed by atoms with Crippen LogP contribution in [0.5, 0.6) is 11.5 Å². The molecule has 0 heterocycles. The second kappa shape index (κ2) is 6.13. The normalized spacial score (nSPS) is 16.9. The molecule has 1 fully saturated rings. The number of hydrogen-bond acceptors (Lipinski definition) is 4. The average Bonchev–Trinajstić information content (AvgIpc) is 2.95. The van der Waals surface area contributed by atoms with Gasteiger partial charge in [-0.15, -0.1) is 0 Å². The molecule has 1 aliphatic carbocycles. The first-order chi connectivity index (χ1) is 9.60. The summed E-state index contributed by atoms with van der Waals surface area (Å²) in [4.78, 5) is 12.1. The van der Waals surface area contributed by atoms with E-state index in [4.69, 9.17) is 4.74 Å². The number of aromatic hydroxyl groups is 1. The minimum atomic E-state index is -0.346. The van der Waals surface area contributed by atoms with E-state index in [0.29, 0.717) is 12.3 Å². The van der Waals surface area contributed by atoms with Crippen molar-refractivity contribution in [3.63, 3.8) is 0 Å². The molecule has 5 heteroatoms.